The van der Waals surface area contributed by atoms with Gasteiger partial charge < -0.3 is 0 Å². The van der Waals surface area contributed by atoms with Gasteiger partial charge in [-0.3, -0.25) is 9.59 Å². The maximum absolute atomic E-state index is 12.0. The Hall–Kier alpha value is -1.29. The van der Waals surface area contributed by atoms with E-state index in [4.69, 9.17) is 5.26 Å². The second kappa shape index (κ2) is 6.93. The van der Waals surface area contributed by atoms with Gasteiger partial charge in [-0.25, -0.2) is 0 Å². The van der Waals surface area contributed by atoms with Gasteiger partial charge in [0, 0.05) is 17.3 Å². The van der Waals surface area contributed by atoms with Gasteiger partial charge in [0.25, 0.3) is 0 Å². The zero-order chi connectivity index (χ0) is 14.5. The fourth-order valence-electron chi connectivity index (χ4n) is 1.74. The molecule has 2 aromatic rings. The molecular weight excluding hydrogens is 358 g/mol. The van der Waals surface area contributed by atoms with E-state index in [2.05, 4.69) is 15.9 Å². The lowest BCUT2D eigenvalue weighted by atomic mass is 10.1. The molecule has 0 radical (unpaired) electrons. The molecule has 2 rings (SSSR count). The van der Waals surface area contributed by atoms with Crippen molar-refractivity contribution in [3.8, 4) is 6.07 Å². The van der Waals surface area contributed by atoms with Crippen molar-refractivity contribution >= 4 is 50.2 Å². The third-order valence-corrected chi connectivity index (χ3v) is 5.55. The van der Waals surface area contributed by atoms with Crippen molar-refractivity contribution in [2.24, 2.45) is 0 Å². The van der Waals surface area contributed by atoms with Crippen molar-refractivity contribution in [3.63, 3.8) is 0 Å². The molecule has 2 aromatic heterocycles. The van der Waals surface area contributed by atoms with E-state index in [0.29, 0.717) is 34.6 Å². The molecule has 0 unspecified atom stereocenters. The molecule has 0 saturated carbocycles. The molecule has 2 heterocycles. The zero-order valence-electron chi connectivity index (χ0n) is 10.4. The average Bonchev–Trinajstić information content (AvgIpc) is 3.06. The first kappa shape index (κ1) is 15.1. The van der Waals surface area contributed by atoms with Gasteiger partial charge in [-0.05, 0) is 45.2 Å². The van der Waals surface area contributed by atoms with Crippen LogP contribution in [0.15, 0.2) is 27.4 Å². The van der Waals surface area contributed by atoms with Crippen LogP contribution < -0.4 is 0 Å². The van der Waals surface area contributed by atoms with Crippen LogP contribution in [-0.2, 0) is 0 Å². The van der Waals surface area contributed by atoms with Gasteiger partial charge in [-0.2, -0.15) is 5.26 Å². The molecule has 0 atom stereocenters. The van der Waals surface area contributed by atoms with E-state index in [1.807, 2.05) is 17.5 Å². The number of rotatable bonds is 6. The number of ketones is 2. The van der Waals surface area contributed by atoms with E-state index < -0.39 is 0 Å². The molecule has 0 saturated heterocycles. The Morgan fingerprint density at radius 2 is 1.70 bits per heavy atom. The summed E-state index contributed by atoms with van der Waals surface area (Å²) in [7, 11) is 0. The van der Waals surface area contributed by atoms with E-state index in [1.165, 1.54) is 22.7 Å². The highest BCUT2D eigenvalue weighted by Crippen LogP contribution is 2.25. The number of halogens is 1. The maximum Gasteiger partial charge on any atom is 0.174 e. The van der Waals surface area contributed by atoms with Crippen LogP contribution in [0.5, 0.6) is 0 Å². The number of nitrogens with zero attached hydrogens (tertiary/aromatic N) is 1. The monoisotopic (exact) mass is 367 g/mol. The SMILES string of the molecule is N#Cc1ccsc1C(=O)CCCC(=O)c1sccc1Br. The van der Waals surface area contributed by atoms with Gasteiger partial charge in [0.1, 0.15) is 6.07 Å². The molecule has 0 spiro atoms. The summed E-state index contributed by atoms with van der Waals surface area (Å²) in [5.74, 6) is -0.0130. The van der Waals surface area contributed by atoms with Crippen LogP contribution >= 0.6 is 38.6 Å². The lowest BCUT2D eigenvalue weighted by Crippen LogP contribution is -2.02. The van der Waals surface area contributed by atoms with Crippen molar-refractivity contribution in [3.05, 3.63) is 42.7 Å². The van der Waals surface area contributed by atoms with Crippen molar-refractivity contribution < 1.29 is 9.59 Å². The largest absolute Gasteiger partial charge is 0.293 e. The van der Waals surface area contributed by atoms with E-state index in [9.17, 15) is 9.59 Å². The molecule has 6 heteroatoms. The third-order valence-electron chi connectivity index (χ3n) is 2.72. The molecular formula is C14H10BrNO2S2. The van der Waals surface area contributed by atoms with Gasteiger partial charge in [0.2, 0.25) is 0 Å². The number of Topliss-reactive ketones (excluding diaryl/α,β-unsaturated/α-hetero) is 2. The highest BCUT2D eigenvalue weighted by molar-refractivity contribution is 9.10. The summed E-state index contributed by atoms with van der Waals surface area (Å²) >= 11 is 6.00. The van der Waals surface area contributed by atoms with Crippen LogP contribution in [-0.4, -0.2) is 11.6 Å². The summed E-state index contributed by atoms with van der Waals surface area (Å²) in [4.78, 5) is 25.1. The molecule has 0 bridgehead atoms. The molecule has 0 aliphatic rings. The normalized spacial score (nSPS) is 10.2. The van der Waals surface area contributed by atoms with Gasteiger partial charge in [0.15, 0.2) is 11.6 Å². The summed E-state index contributed by atoms with van der Waals surface area (Å²) in [6.07, 6.45) is 1.15. The summed E-state index contributed by atoms with van der Waals surface area (Å²) in [5.41, 5.74) is 0.423. The minimum absolute atomic E-state index is 0.0476. The number of hydrogen-bond donors (Lipinski definition) is 0. The molecule has 3 nitrogen and oxygen atoms in total. The number of thiophene rings is 2. The number of carbonyl (C=O) groups is 2. The van der Waals surface area contributed by atoms with Crippen molar-refractivity contribution in [2.75, 3.05) is 0 Å². The van der Waals surface area contributed by atoms with E-state index in [-0.39, 0.29) is 11.6 Å². The molecule has 20 heavy (non-hydrogen) atoms. The summed E-state index contributed by atoms with van der Waals surface area (Å²) in [6, 6.07) is 5.49. The third kappa shape index (κ3) is 3.42. The van der Waals surface area contributed by atoms with E-state index in [1.54, 1.807) is 11.4 Å². The fraction of sp³-hybridized carbons (Fsp3) is 0.214. The van der Waals surface area contributed by atoms with Crippen LogP contribution in [0.3, 0.4) is 0 Å². The van der Waals surface area contributed by atoms with Crippen LogP contribution in [0.4, 0.5) is 0 Å². The Labute approximate surface area is 133 Å². The van der Waals surface area contributed by atoms with Crippen LogP contribution in [0, 0.1) is 11.3 Å². The molecule has 0 aliphatic carbocycles. The first-order valence-corrected chi connectivity index (χ1v) is 8.45. The second-order valence-electron chi connectivity index (χ2n) is 4.07. The number of carbonyl (C=O) groups excluding carboxylic acids is 2. The minimum atomic E-state index is -0.0606. The molecule has 102 valence electrons. The second-order valence-corrected chi connectivity index (χ2v) is 6.76. The van der Waals surface area contributed by atoms with Crippen LogP contribution in [0.2, 0.25) is 0 Å². The zero-order valence-corrected chi connectivity index (χ0v) is 13.6. The molecule has 0 aliphatic heterocycles. The Morgan fingerprint density at radius 1 is 1.10 bits per heavy atom. The number of nitriles is 1. The predicted octanol–water partition coefficient (Wildman–Crippen LogP) is 4.68. The smallest absolute Gasteiger partial charge is 0.174 e. The molecule has 0 N–H and O–H groups in total. The first-order chi connectivity index (χ1) is 9.63. The van der Waals surface area contributed by atoms with Gasteiger partial charge in [0.05, 0.1) is 15.3 Å². The Balaban J connectivity index is 1.88. The lowest BCUT2D eigenvalue weighted by Gasteiger charge is -2.00. The van der Waals surface area contributed by atoms with Gasteiger partial charge in [-0.15, -0.1) is 22.7 Å². The summed E-state index contributed by atoms with van der Waals surface area (Å²) in [6.45, 7) is 0. The van der Waals surface area contributed by atoms with Gasteiger partial charge in [-0.1, -0.05) is 0 Å². The lowest BCUT2D eigenvalue weighted by molar-refractivity contribution is 0.0961. The summed E-state index contributed by atoms with van der Waals surface area (Å²) in [5, 5.41) is 12.5. The summed E-state index contributed by atoms with van der Waals surface area (Å²) < 4.78 is 0.809. The topological polar surface area (TPSA) is 57.9 Å². The highest BCUT2D eigenvalue weighted by Gasteiger charge is 2.15. The standard InChI is InChI=1S/C14H10BrNO2S2/c15-10-5-7-20-14(10)12(18)3-1-2-11(17)13-9(8-16)4-6-19-13/h4-7H,1-3H2. The maximum atomic E-state index is 12.0. The Morgan fingerprint density at radius 3 is 2.30 bits per heavy atom. The molecule has 0 amide bonds. The van der Waals surface area contributed by atoms with E-state index >= 15 is 0 Å². The van der Waals surface area contributed by atoms with Crippen molar-refractivity contribution in [1.29, 1.82) is 5.26 Å². The Kier molecular flexibility index (Phi) is 5.24. The quantitative estimate of drug-likeness (QED) is 0.696. The van der Waals surface area contributed by atoms with Crippen molar-refractivity contribution in [1.82, 2.24) is 0 Å². The van der Waals surface area contributed by atoms with Crippen LogP contribution in [0.1, 0.15) is 44.2 Å². The van der Waals surface area contributed by atoms with E-state index in [0.717, 1.165) is 4.47 Å². The predicted molar refractivity (Wildman–Crippen MR) is 83.6 cm³/mol. The highest BCUT2D eigenvalue weighted by atomic mass is 79.9. The average molecular weight is 368 g/mol. The molecule has 0 aromatic carbocycles. The number of hydrogen-bond acceptors (Lipinski definition) is 5. The fourth-order valence-corrected chi connectivity index (χ4v) is 4.12. The Bertz CT molecular complexity index is 681. The molecule has 0 fully saturated rings. The first-order valence-electron chi connectivity index (χ1n) is 5.90. The van der Waals surface area contributed by atoms with Crippen molar-refractivity contribution in [2.45, 2.75) is 19.3 Å². The van der Waals surface area contributed by atoms with Crippen LogP contribution in [0.25, 0.3) is 0 Å². The van der Waals surface area contributed by atoms with Gasteiger partial charge >= 0.3 is 0 Å². The minimum Gasteiger partial charge on any atom is -0.293 e.